The van der Waals surface area contributed by atoms with Crippen molar-refractivity contribution in [3.63, 3.8) is 0 Å². The second-order valence-corrected chi connectivity index (χ2v) is 9.31. The van der Waals surface area contributed by atoms with E-state index in [1.165, 1.54) is 23.9 Å². The average molecular weight is 491 g/mol. The molecule has 2 N–H and O–H groups in total. The third-order valence-corrected chi connectivity index (χ3v) is 7.13. The van der Waals surface area contributed by atoms with Gasteiger partial charge in [0.25, 0.3) is 11.2 Å². The number of rotatable bonds is 6. The van der Waals surface area contributed by atoms with E-state index in [2.05, 4.69) is 15.3 Å². The molecule has 3 aromatic rings. The Morgan fingerprint density at radius 2 is 1.97 bits per heavy atom. The Hall–Kier alpha value is -3.92. The molecule has 9 nitrogen and oxygen atoms in total. The first-order valence-electron chi connectivity index (χ1n) is 11.1. The van der Waals surface area contributed by atoms with Gasteiger partial charge in [-0.05, 0) is 36.1 Å². The predicted molar refractivity (Wildman–Crippen MR) is 132 cm³/mol. The van der Waals surface area contributed by atoms with Gasteiger partial charge in [0.15, 0.2) is 10.9 Å². The maximum atomic E-state index is 13.3. The summed E-state index contributed by atoms with van der Waals surface area (Å²) in [6.07, 6.45) is 1.90. The number of carbonyl (C=O) groups is 1. The molecule has 178 valence electrons. The van der Waals surface area contributed by atoms with Gasteiger partial charge in [-0.1, -0.05) is 36.0 Å². The van der Waals surface area contributed by atoms with Gasteiger partial charge in [-0.2, -0.15) is 0 Å². The van der Waals surface area contributed by atoms with Gasteiger partial charge >= 0.3 is 0 Å². The maximum absolute atomic E-state index is 13.3. The number of ketones is 1. The quantitative estimate of drug-likeness (QED) is 0.223. The van der Waals surface area contributed by atoms with E-state index in [1.54, 1.807) is 19.2 Å². The van der Waals surface area contributed by atoms with Crippen LogP contribution >= 0.6 is 11.8 Å². The second kappa shape index (κ2) is 9.38. The third kappa shape index (κ3) is 4.44. The summed E-state index contributed by atoms with van der Waals surface area (Å²) in [6, 6.07) is 13.7. The van der Waals surface area contributed by atoms with Gasteiger partial charge in [0, 0.05) is 41.5 Å². The summed E-state index contributed by atoms with van der Waals surface area (Å²) < 4.78 is 5.38. The number of carbonyl (C=O) groups excluding carboxylic acids is 1. The van der Waals surface area contributed by atoms with Crippen LogP contribution in [0.15, 0.2) is 69.8 Å². The minimum atomic E-state index is -0.533. The zero-order valence-corrected chi connectivity index (χ0v) is 19.7. The highest BCUT2D eigenvalue weighted by Crippen LogP contribution is 2.44. The minimum Gasteiger partial charge on any atom is -0.497 e. The highest BCUT2D eigenvalue weighted by molar-refractivity contribution is 7.98. The highest BCUT2D eigenvalue weighted by Gasteiger charge is 2.38. The number of thioether (sulfide) groups is 1. The number of anilines is 1. The number of non-ortho nitro benzene ring substituents is 1. The molecule has 1 aliphatic heterocycles. The monoisotopic (exact) mass is 490 g/mol. The Kier molecular flexibility index (Phi) is 6.12. The Bertz CT molecular complexity index is 1410. The number of methoxy groups -OCH3 is 1. The number of nitrogens with one attached hydrogen (secondary N) is 2. The number of aromatic nitrogens is 2. The lowest BCUT2D eigenvalue weighted by Gasteiger charge is -2.32. The van der Waals surface area contributed by atoms with Gasteiger partial charge in [-0.3, -0.25) is 19.7 Å². The van der Waals surface area contributed by atoms with Crippen molar-refractivity contribution in [1.82, 2.24) is 9.97 Å². The van der Waals surface area contributed by atoms with Crippen LogP contribution in [0.3, 0.4) is 0 Å². The van der Waals surface area contributed by atoms with E-state index in [1.807, 2.05) is 24.3 Å². The molecule has 0 bridgehead atoms. The number of nitro benzene ring substituents is 1. The number of Topliss-reactive ketones (excluding diaryl/α,β-unsaturated/α-hetero) is 1. The van der Waals surface area contributed by atoms with E-state index < -0.39 is 10.8 Å². The van der Waals surface area contributed by atoms with Gasteiger partial charge < -0.3 is 15.0 Å². The van der Waals surface area contributed by atoms with Crippen molar-refractivity contribution < 1.29 is 14.5 Å². The number of H-pyrrole nitrogens is 1. The molecule has 5 rings (SSSR count). The summed E-state index contributed by atoms with van der Waals surface area (Å²) in [6.45, 7) is 0. The number of nitro groups is 1. The van der Waals surface area contributed by atoms with Crippen LogP contribution in [0, 0.1) is 10.1 Å². The van der Waals surface area contributed by atoms with Crippen molar-refractivity contribution in [3.8, 4) is 5.75 Å². The molecule has 0 saturated carbocycles. The Balaban J connectivity index is 1.51. The lowest BCUT2D eigenvalue weighted by atomic mass is 9.76. The van der Waals surface area contributed by atoms with Crippen molar-refractivity contribution in [2.45, 2.75) is 36.1 Å². The second-order valence-electron chi connectivity index (χ2n) is 8.35. The standard InChI is InChI=1S/C25H22N4O5S/c1-34-17-5-2-4-15(12-17)20-21-18(6-3-7-19(21)30)26-23-22(20)24(31)28-25(27-23)35-13-14-8-10-16(11-9-14)29(32)33/h2,4-5,8-12,20H,3,6-7,13H2,1H3,(H2,26,27,28,31)/t20-/m1/s1. The smallest absolute Gasteiger partial charge is 0.269 e. The van der Waals surface area contributed by atoms with Gasteiger partial charge in [-0.25, -0.2) is 4.98 Å². The minimum absolute atomic E-state index is 0.0259. The van der Waals surface area contributed by atoms with Crippen LogP contribution < -0.4 is 15.6 Å². The number of allylic oxidation sites excluding steroid dienone is 2. The zero-order valence-electron chi connectivity index (χ0n) is 18.9. The molecule has 2 aromatic carbocycles. The lowest BCUT2D eigenvalue weighted by Crippen LogP contribution is -2.32. The van der Waals surface area contributed by atoms with Gasteiger partial charge in [0.1, 0.15) is 11.6 Å². The summed E-state index contributed by atoms with van der Waals surface area (Å²) in [5.74, 6) is 1.07. The fourth-order valence-corrected chi connectivity index (χ4v) is 5.35. The number of nitrogens with zero attached hydrogens (tertiary/aromatic N) is 2. The zero-order chi connectivity index (χ0) is 24.5. The molecular weight excluding hydrogens is 468 g/mol. The van der Waals surface area contributed by atoms with E-state index >= 15 is 0 Å². The SMILES string of the molecule is COc1cccc([C@@H]2C3=C(CCCC3=O)Nc3nc(SCc4ccc([N+](=O)[O-])cc4)[nH]c(=O)c32)c1. The summed E-state index contributed by atoms with van der Waals surface area (Å²) in [4.78, 5) is 44.3. The number of hydrogen-bond acceptors (Lipinski definition) is 8. The molecule has 10 heteroatoms. The number of hydrogen-bond donors (Lipinski definition) is 2. The number of fused-ring (bicyclic) bond motifs is 1. The lowest BCUT2D eigenvalue weighted by molar-refractivity contribution is -0.384. The molecule has 0 spiro atoms. The van der Waals surface area contributed by atoms with E-state index in [0.29, 0.717) is 46.5 Å². The van der Waals surface area contributed by atoms with Gasteiger partial charge in [-0.15, -0.1) is 0 Å². The summed E-state index contributed by atoms with van der Waals surface area (Å²) in [7, 11) is 1.58. The molecule has 0 amide bonds. The van der Waals surface area contributed by atoms with E-state index in [9.17, 15) is 19.7 Å². The first-order valence-corrected chi connectivity index (χ1v) is 12.1. The maximum Gasteiger partial charge on any atom is 0.269 e. The fourth-order valence-electron chi connectivity index (χ4n) is 4.53. The Morgan fingerprint density at radius 3 is 2.71 bits per heavy atom. The summed E-state index contributed by atoms with van der Waals surface area (Å²) in [5.41, 5.74) is 3.22. The molecule has 0 fully saturated rings. The molecule has 2 aliphatic rings. The Labute approximate surface area is 204 Å². The summed E-state index contributed by atoms with van der Waals surface area (Å²) in [5, 5.41) is 14.6. The van der Waals surface area contributed by atoms with Crippen LogP contribution in [0.1, 0.15) is 41.9 Å². The molecule has 0 radical (unpaired) electrons. The molecule has 2 heterocycles. The fraction of sp³-hybridized carbons (Fsp3) is 0.240. The Morgan fingerprint density at radius 1 is 1.17 bits per heavy atom. The molecule has 1 atom stereocenters. The number of benzene rings is 2. The van der Waals surface area contributed by atoms with Crippen LogP contribution in [0.2, 0.25) is 0 Å². The van der Waals surface area contributed by atoms with Crippen LogP contribution in [-0.2, 0) is 10.5 Å². The normalized spacial score (nSPS) is 16.8. The topological polar surface area (TPSA) is 127 Å². The van der Waals surface area contributed by atoms with Crippen LogP contribution in [0.25, 0.3) is 0 Å². The molecule has 1 aromatic heterocycles. The van der Waals surface area contributed by atoms with Crippen LogP contribution in [-0.4, -0.2) is 27.8 Å². The summed E-state index contributed by atoms with van der Waals surface area (Å²) >= 11 is 1.33. The average Bonchev–Trinajstić information content (AvgIpc) is 2.86. The first-order chi connectivity index (χ1) is 16.9. The molecule has 0 unspecified atom stereocenters. The third-order valence-electron chi connectivity index (χ3n) is 6.19. The van der Waals surface area contributed by atoms with Crippen molar-refractivity contribution in [3.05, 3.63) is 97.0 Å². The van der Waals surface area contributed by atoms with E-state index in [-0.39, 0.29) is 17.0 Å². The molecular formula is C25H22N4O5S. The number of aromatic amines is 1. The van der Waals surface area contributed by atoms with Crippen molar-refractivity contribution in [1.29, 1.82) is 0 Å². The predicted octanol–water partition coefficient (Wildman–Crippen LogP) is 4.54. The van der Waals surface area contributed by atoms with Gasteiger partial charge in [0.05, 0.1) is 17.6 Å². The van der Waals surface area contributed by atoms with Gasteiger partial charge in [0.2, 0.25) is 0 Å². The van der Waals surface area contributed by atoms with Crippen molar-refractivity contribution in [2.75, 3.05) is 12.4 Å². The van der Waals surface area contributed by atoms with Crippen molar-refractivity contribution in [2.24, 2.45) is 0 Å². The van der Waals surface area contributed by atoms with Crippen LogP contribution in [0.4, 0.5) is 11.5 Å². The largest absolute Gasteiger partial charge is 0.497 e. The highest BCUT2D eigenvalue weighted by atomic mass is 32.2. The molecule has 0 saturated heterocycles. The number of ether oxygens (including phenoxy) is 1. The first kappa shape index (κ1) is 22.9. The molecule has 1 aliphatic carbocycles. The van der Waals surface area contributed by atoms with E-state index in [4.69, 9.17) is 4.74 Å². The van der Waals surface area contributed by atoms with Crippen LogP contribution in [0.5, 0.6) is 5.75 Å². The van der Waals surface area contributed by atoms with E-state index in [0.717, 1.165) is 23.2 Å². The molecule has 35 heavy (non-hydrogen) atoms. The van der Waals surface area contributed by atoms with Crippen molar-refractivity contribution >= 4 is 29.1 Å².